The minimum absolute atomic E-state index is 0.00972. The Morgan fingerprint density at radius 2 is 1.78 bits per heavy atom. The summed E-state index contributed by atoms with van der Waals surface area (Å²) in [5.41, 5.74) is 0.905. The van der Waals surface area contributed by atoms with Crippen LogP contribution in [0.25, 0.3) is 0 Å². The molecule has 0 radical (unpaired) electrons. The molecule has 2 aromatic rings. The molecule has 0 heterocycles. The number of rotatable bonds is 8. The molecule has 7 nitrogen and oxygen atoms in total. The molecule has 0 saturated carbocycles. The first-order valence-corrected chi connectivity index (χ1v) is 10.2. The monoisotopic (exact) mass is 392 g/mol. The van der Waals surface area contributed by atoms with Crippen LogP contribution in [0.2, 0.25) is 0 Å². The van der Waals surface area contributed by atoms with Crippen LogP contribution in [0.1, 0.15) is 13.8 Å². The van der Waals surface area contributed by atoms with Gasteiger partial charge < -0.3 is 14.8 Å². The van der Waals surface area contributed by atoms with Gasteiger partial charge in [-0.2, -0.15) is 0 Å². The number of amides is 1. The van der Waals surface area contributed by atoms with Crippen LogP contribution in [-0.4, -0.2) is 40.3 Å². The van der Waals surface area contributed by atoms with Gasteiger partial charge in [-0.1, -0.05) is 6.07 Å². The molecule has 0 unspecified atom stereocenters. The van der Waals surface area contributed by atoms with Crippen molar-refractivity contribution >= 4 is 27.3 Å². The largest absolute Gasteiger partial charge is 0.497 e. The smallest absolute Gasteiger partial charge is 0.245 e. The molecular formula is C19H24N2O5S. The van der Waals surface area contributed by atoms with E-state index in [2.05, 4.69) is 5.32 Å². The first-order valence-electron chi connectivity index (χ1n) is 8.37. The van der Waals surface area contributed by atoms with E-state index in [4.69, 9.17) is 9.47 Å². The van der Waals surface area contributed by atoms with Crippen LogP contribution in [0.4, 0.5) is 11.4 Å². The Balaban J connectivity index is 2.15. The second kappa shape index (κ2) is 8.77. The Labute approximate surface area is 160 Å². The van der Waals surface area contributed by atoms with Crippen LogP contribution in [0, 0.1) is 0 Å². The number of carbonyl (C=O) groups is 1. The fraction of sp³-hybridized carbons (Fsp3) is 0.316. The Bertz CT molecular complexity index is 879. The standard InChI is InChI=1S/C19H24N2O5S/c1-14(2)26-17-10-8-16(9-11-17)21(27(4,23)24)13-19(22)20-15-6-5-7-18(12-15)25-3/h5-12,14H,13H2,1-4H3,(H,20,22). The van der Waals surface area contributed by atoms with Gasteiger partial charge in [-0.05, 0) is 50.2 Å². The molecule has 27 heavy (non-hydrogen) atoms. The third-order valence-electron chi connectivity index (χ3n) is 3.54. The molecule has 0 aliphatic rings. The van der Waals surface area contributed by atoms with Gasteiger partial charge in [0, 0.05) is 11.8 Å². The fourth-order valence-electron chi connectivity index (χ4n) is 2.39. The number of carbonyl (C=O) groups excluding carboxylic acids is 1. The van der Waals surface area contributed by atoms with E-state index in [1.54, 1.807) is 48.5 Å². The lowest BCUT2D eigenvalue weighted by molar-refractivity contribution is -0.114. The number of methoxy groups -OCH3 is 1. The Hall–Kier alpha value is -2.74. The molecule has 1 N–H and O–H groups in total. The first kappa shape index (κ1) is 20.6. The van der Waals surface area contributed by atoms with Crippen LogP contribution in [0.15, 0.2) is 48.5 Å². The highest BCUT2D eigenvalue weighted by Gasteiger charge is 2.21. The Morgan fingerprint density at radius 1 is 1.11 bits per heavy atom. The number of anilines is 2. The van der Waals surface area contributed by atoms with Crippen LogP contribution in [0.5, 0.6) is 11.5 Å². The molecule has 0 saturated heterocycles. The topological polar surface area (TPSA) is 84.9 Å². The highest BCUT2D eigenvalue weighted by molar-refractivity contribution is 7.92. The summed E-state index contributed by atoms with van der Waals surface area (Å²) >= 11 is 0. The van der Waals surface area contributed by atoms with Crippen LogP contribution < -0.4 is 19.1 Å². The summed E-state index contributed by atoms with van der Waals surface area (Å²) in [5.74, 6) is 0.757. The Kier molecular flexibility index (Phi) is 6.68. The second-order valence-corrected chi connectivity index (χ2v) is 8.12. The third kappa shape index (κ3) is 6.18. The van der Waals surface area contributed by atoms with Gasteiger partial charge in [0.05, 0.1) is 25.2 Å². The van der Waals surface area contributed by atoms with Crippen molar-refractivity contribution in [1.29, 1.82) is 0 Å². The molecule has 0 aliphatic heterocycles. The van der Waals surface area contributed by atoms with Gasteiger partial charge in [-0.25, -0.2) is 8.42 Å². The van der Waals surface area contributed by atoms with Crippen molar-refractivity contribution in [3.63, 3.8) is 0 Å². The summed E-state index contributed by atoms with van der Waals surface area (Å²) < 4.78 is 36.1. The zero-order valence-electron chi connectivity index (χ0n) is 15.8. The van der Waals surface area contributed by atoms with Crippen LogP contribution >= 0.6 is 0 Å². The molecule has 2 aromatic carbocycles. The quantitative estimate of drug-likeness (QED) is 0.747. The number of nitrogens with zero attached hydrogens (tertiary/aromatic N) is 1. The third-order valence-corrected chi connectivity index (χ3v) is 4.68. The van der Waals surface area contributed by atoms with Gasteiger partial charge in [0.25, 0.3) is 0 Å². The van der Waals surface area contributed by atoms with E-state index in [1.165, 1.54) is 7.11 Å². The summed E-state index contributed by atoms with van der Waals surface area (Å²) in [4.78, 5) is 12.4. The first-order chi connectivity index (χ1) is 12.7. The van der Waals surface area contributed by atoms with Crippen molar-refractivity contribution in [1.82, 2.24) is 0 Å². The van der Waals surface area contributed by atoms with E-state index in [0.717, 1.165) is 10.6 Å². The van der Waals surface area contributed by atoms with E-state index >= 15 is 0 Å². The molecule has 0 aliphatic carbocycles. The highest BCUT2D eigenvalue weighted by Crippen LogP contribution is 2.23. The number of sulfonamides is 1. The molecule has 0 aromatic heterocycles. The maximum absolute atomic E-state index is 12.4. The van der Waals surface area contributed by atoms with E-state index < -0.39 is 15.9 Å². The summed E-state index contributed by atoms with van der Waals surface area (Å²) in [7, 11) is -2.12. The van der Waals surface area contributed by atoms with Crippen molar-refractivity contribution in [2.45, 2.75) is 20.0 Å². The zero-order valence-corrected chi connectivity index (χ0v) is 16.6. The Morgan fingerprint density at radius 3 is 2.33 bits per heavy atom. The molecule has 0 fully saturated rings. The van der Waals surface area contributed by atoms with Crippen molar-refractivity contribution in [2.24, 2.45) is 0 Å². The van der Waals surface area contributed by atoms with Gasteiger partial charge in [0.1, 0.15) is 18.0 Å². The number of nitrogens with one attached hydrogen (secondary N) is 1. The summed E-state index contributed by atoms with van der Waals surface area (Å²) in [6.45, 7) is 3.46. The molecule has 1 amide bonds. The molecule has 2 rings (SSSR count). The fourth-order valence-corrected chi connectivity index (χ4v) is 3.25. The summed E-state index contributed by atoms with van der Waals surface area (Å²) in [6, 6.07) is 13.4. The van der Waals surface area contributed by atoms with Crippen molar-refractivity contribution < 1.29 is 22.7 Å². The molecule has 0 spiro atoms. The predicted molar refractivity (Wildman–Crippen MR) is 106 cm³/mol. The van der Waals surface area contributed by atoms with Crippen molar-refractivity contribution in [3.8, 4) is 11.5 Å². The van der Waals surface area contributed by atoms with Gasteiger partial charge >= 0.3 is 0 Å². The lowest BCUT2D eigenvalue weighted by Gasteiger charge is -2.22. The molecular weight excluding hydrogens is 368 g/mol. The van der Waals surface area contributed by atoms with E-state index in [9.17, 15) is 13.2 Å². The maximum atomic E-state index is 12.4. The average Bonchev–Trinajstić information content (AvgIpc) is 2.59. The van der Waals surface area contributed by atoms with Gasteiger partial charge in [0.2, 0.25) is 15.9 Å². The van der Waals surface area contributed by atoms with Crippen LogP contribution in [0.3, 0.4) is 0 Å². The number of ether oxygens (including phenoxy) is 2. The van der Waals surface area contributed by atoms with Gasteiger partial charge in [-0.3, -0.25) is 9.10 Å². The minimum Gasteiger partial charge on any atom is -0.497 e. The van der Waals surface area contributed by atoms with E-state index in [1.807, 2.05) is 13.8 Å². The highest BCUT2D eigenvalue weighted by atomic mass is 32.2. The summed E-state index contributed by atoms with van der Waals surface area (Å²) in [5, 5.41) is 2.68. The SMILES string of the molecule is COc1cccc(NC(=O)CN(c2ccc(OC(C)C)cc2)S(C)(=O)=O)c1. The minimum atomic E-state index is -3.65. The molecule has 146 valence electrons. The summed E-state index contributed by atoms with van der Waals surface area (Å²) in [6.07, 6.45) is 1.07. The van der Waals surface area contributed by atoms with Crippen LogP contribution in [-0.2, 0) is 14.8 Å². The van der Waals surface area contributed by atoms with Gasteiger partial charge in [-0.15, -0.1) is 0 Å². The second-order valence-electron chi connectivity index (χ2n) is 6.21. The average molecular weight is 392 g/mol. The maximum Gasteiger partial charge on any atom is 0.245 e. The predicted octanol–water partition coefficient (Wildman–Crippen LogP) is 2.89. The molecule has 0 atom stereocenters. The molecule has 0 bridgehead atoms. The van der Waals surface area contributed by atoms with Gasteiger partial charge in [0.15, 0.2) is 0 Å². The number of hydrogen-bond donors (Lipinski definition) is 1. The van der Waals surface area contributed by atoms with E-state index in [0.29, 0.717) is 22.9 Å². The van der Waals surface area contributed by atoms with Crippen molar-refractivity contribution in [3.05, 3.63) is 48.5 Å². The number of benzene rings is 2. The van der Waals surface area contributed by atoms with E-state index in [-0.39, 0.29) is 12.6 Å². The normalized spacial score (nSPS) is 11.1. The molecule has 8 heteroatoms. The lowest BCUT2D eigenvalue weighted by Crippen LogP contribution is -2.37. The number of hydrogen-bond acceptors (Lipinski definition) is 5. The van der Waals surface area contributed by atoms with Crippen molar-refractivity contribution in [2.75, 3.05) is 29.5 Å². The lowest BCUT2D eigenvalue weighted by atomic mass is 10.3. The zero-order chi connectivity index (χ0) is 20.0.